The van der Waals surface area contributed by atoms with Crippen LogP contribution >= 0.6 is 22.9 Å². The lowest BCUT2D eigenvalue weighted by Crippen LogP contribution is -2.16. The van der Waals surface area contributed by atoms with Crippen molar-refractivity contribution in [3.05, 3.63) is 34.2 Å². The van der Waals surface area contributed by atoms with Crippen LogP contribution in [0.3, 0.4) is 0 Å². The molecule has 0 amide bonds. The molecule has 2 aromatic rings. The summed E-state index contributed by atoms with van der Waals surface area (Å²) in [7, 11) is 0. The lowest BCUT2D eigenvalue weighted by atomic mass is 10.2. The van der Waals surface area contributed by atoms with Crippen LogP contribution in [0.2, 0.25) is 5.02 Å². The first kappa shape index (κ1) is 9.45. The van der Waals surface area contributed by atoms with Crippen LogP contribution in [-0.4, -0.2) is 11.0 Å². The third-order valence-corrected chi connectivity index (χ3v) is 3.48. The minimum Gasteiger partial charge on any atom is -0.290 e. The molecule has 1 aromatic heterocycles. The summed E-state index contributed by atoms with van der Waals surface area (Å²) < 4.78 is 0.934. The van der Waals surface area contributed by atoms with Crippen LogP contribution in [0.25, 0.3) is 10.1 Å². The Morgan fingerprint density at radius 3 is 2.93 bits per heavy atom. The van der Waals surface area contributed by atoms with Crippen LogP contribution in [0, 0.1) is 5.41 Å². The van der Waals surface area contributed by atoms with Crippen molar-refractivity contribution in [2.75, 3.05) is 0 Å². The van der Waals surface area contributed by atoms with Crippen molar-refractivity contribution in [2.45, 2.75) is 0 Å². The van der Waals surface area contributed by atoms with Gasteiger partial charge in [0.05, 0.1) is 14.6 Å². The summed E-state index contributed by atoms with van der Waals surface area (Å²) in [6.07, 6.45) is 0. The molecule has 0 spiro atoms. The first-order valence-electron chi connectivity index (χ1n) is 3.89. The normalized spacial score (nSPS) is 10.4. The van der Waals surface area contributed by atoms with E-state index in [-0.39, 0.29) is 5.84 Å². The Hall–Kier alpha value is -1.10. The van der Waals surface area contributed by atoms with Crippen LogP contribution < -0.4 is 5.48 Å². The Morgan fingerprint density at radius 1 is 1.50 bits per heavy atom. The van der Waals surface area contributed by atoms with Crippen molar-refractivity contribution in [1.82, 2.24) is 5.48 Å². The quantitative estimate of drug-likeness (QED) is 0.398. The Kier molecular flexibility index (Phi) is 2.41. The number of hydrogen-bond donors (Lipinski definition) is 3. The van der Waals surface area contributed by atoms with Gasteiger partial charge in [-0.1, -0.05) is 23.7 Å². The van der Waals surface area contributed by atoms with E-state index < -0.39 is 0 Å². The molecule has 1 aromatic carbocycles. The molecule has 0 aliphatic rings. The Balaban J connectivity index is 2.62. The fraction of sp³-hybridized carbons (Fsp3) is 0. The van der Waals surface area contributed by atoms with Crippen LogP contribution in [-0.2, 0) is 0 Å². The summed E-state index contributed by atoms with van der Waals surface area (Å²) >= 11 is 7.35. The van der Waals surface area contributed by atoms with E-state index in [2.05, 4.69) is 0 Å². The molecule has 72 valence electrons. The van der Waals surface area contributed by atoms with Gasteiger partial charge in [0.25, 0.3) is 0 Å². The molecule has 5 heteroatoms. The van der Waals surface area contributed by atoms with Crippen molar-refractivity contribution >= 4 is 38.9 Å². The predicted molar refractivity (Wildman–Crippen MR) is 58.6 cm³/mol. The molecule has 14 heavy (non-hydrogen) atoms. The molecule has 0 saturated carbocycles. The largest absolute Gasteiger partial charge is 0.290 e. The summed E-state index contributed by atoms with van der Waals surface area (Å²) in [5.74, 6) is -0.0118. The summed E-state index contributed by atoms with van der Waals surface area (Å²) in [4.78, 5) is 0.663. The second-order valence-corrected chi connectivity index (χ2v) is 4.22. The Labute approximate surface area is 89.4 Å². The zero-order valence-corrected chi connectivity index (χ0v) is 8.62. The molecule has 0 saturated heterocycles. The zero-order valence-electron chi connectivity index (χ0n) is 7.04. The van der Waals surface area contributed by atoms with E-state index in [1.165, 1.54) is 11.3 Å². The zero-order chi connectivity index (χ0) is 10.1. The average molecular weight is 227 g/mol. The van der Waals surface area contributed by atoms with Crippen LogP contribution in [0.1, 0.15) is 4.88 Å². The Bertz CT molecular complexity index is 495. The molecule has 3 nitrogen and oxygen atoms in total. The highest BCUT2D eigenvalue weighted by Gasteiger charge is 2.07. The van der Waals surface area contributed by atoms with Crippen LogP contribution in [0.4, 0.5) is 0 Å². The smallest absolute Gasteiger partial charge is 0.159 e. The number of fused-ring (bicyclic) bond motifs is 1. The van der Waals surface area contributed by atoms with E-state index in [4.69, 9.17) is 22.2 Å². The SMILES string of the molecule is N=C(NO)c1cc2cccc(Cl)c2s1. The summed E-state index contributed by atoms with van der Waals surface area (Å²) in [6, 6.07) is 7.40. The van der Waals surface area contributed by atoms with Crippen molar-refractivity contribution in [3.8, 4) is 0 Å². The van der Waals surface area contributed by atoms with E-state index in [0.29, 0.717) is 9.90 Å². The molecule has 2 rings (SSSR count). The maximum atomic E-state index is 8.58. The van der Waals surface area contributed by atoms with E-state index in [1.54, 1.807) is 6.07 Å². The van der Waals surface area contributed by atoms with Gasteiger partial charge in [-0.3, -0.25) is 16.1 Å². The summed E-state index contributed by atoms with van der Waals surface area (Å²) in [5, 5.41) is 17.6. The molecular formula is C9H7ClN2OS. The number of nitrogens with one attached hydrogen (secondary N) is 2. The highest BCUT2D eigenvalue weighted by atomic mass is 35.5. The molecule has 0 atom stereocenters. The van der Waals surface area contributed by atoms with Gasteiger partial charge in [-0.15, -0.1) is 11.3 Å². The highest BCUT2D eigenvalue weighted by Crippen LogP contribution is 2.31. The third-order valence-electron chi connectivity index (χ3n) is 1.85. The maximum Gasteiger partial charge on any atom is 0.159 e. The van der Waals surface area contributed by atoms with E-state index in [9.17, 15) is 0 Å². The van der Waals surface area contributed by atoms with Crippen molar-refractivity contribution < 1.29 is 5.21 Å². The number of halogens is 1. The van der Waals surface area contributed by atoms with Gasteiger partial charge >= 0.3 is 0 Å². The molecule has 1 heterocycles. The number of thiophene rings is 1. The monoisotopic (exact) mass is 226 g/mol. The molecule has 0 bridgehead atoms. The van der Waals surface area contributed by atoms with Gasteiger partial charge in [0.15, 0.2) is 5.84 Å². The molecule has 0 radical (unpaired) electrons. The van der Waals surface area contributed by atoms with Crippen molar-refractivity contribution in [3.63, 3.8) is 0 Å². The minimum absolute atomic E-state index is 0.0118. The van der Waals surface area contributed by atoms with E-state index >= 15 is 0 Å². The second kappa shape index (κ2) is 3.57. The van der Waals surface area contributed by atoms with Crippen LogP contribution in [0.15, 0.2) is 24.3 Å². The molecule has 0 aliphatic carbocycles. The molecule has 3 N–H and O–H groups in total. The predicted octanol–water partition coefficient (Wildman–Crippen LogP) is 2.86. The van der Waals surface area contributed by atoms with Gasteiger partial charge in [0, 0.05) is 0 Å². The number of hydrogen-bond acceptors (Lipinski definition) is 3. The Morgan fingerprint density at radius 2 is 2.29 bits per heavy atom. The van der Waals surface area contributed by atoms with Crippen LogP contribution in [0.5, 0.6) is 0 Å². The van der Waals surface area contributed by atoms with Gasteiger partial charge in [0.1, 0.15) is 0 Å². The standard InChI is InChI=1S/C9H7ClN2OS/c10-6-3-1-2-5-4-7(9(11)12-13)14-8(5)6/h1-4,13H,(H2,11,12). The summed E-state index contributed by atoms with van der Waals surface area (Å²) in [5.41, 5.74) is 1.81. The first-order chi connectivity index (χ1) is 6.72. The third kappa shape index (κ3) is 1.48. The van der Waals surface area contributed by atoms with Gasteiger partial charge in [-0.2, -0.15) is 0 Å². The number of rotatable bonds is 1. The fourth-order valence-electron chi connectivity index (χ4n) is 1.21. The molecule has 0 aliphatic heterocycles. The van der Waals surface area contributed by atoms with Gasteiger partial charge in [0.2, 0.25) is 0 Å². The van der Waals surface area contributed by atoms with Gasteiger partial charge < -0.3 is 0 Å². The minimum atomic E-state index is -0.0118. The number of amidine groups is 1. The highest BCUT2D eigenvalue weighted by molar-refractivity contribution is 7.21. The topological polar surface area (TPSA) is 56.1 Å². The average Bonchev–Trinajstić information content (AvgIpc) is 2.62. The second-order valence-electron chi connectivity index (χ2n) is 2.76. The van der Waals surface area contributed by atoms with Crippen molar-refractivity contribution in [2.24, 2.45) is 0 Å². The lowest BCUT2D eigenvalue weighted by molar-refractivity contribution is 0.234. The molecule has 0 unspecified atom stereocenters. The number of benzene rings is 1. The maximum absolute atomic E-state index is 8.58. The van der Waals surface area contributed by atoms with E-state index in [1.807, 2.05) is 23.7 Å². The first-order valence-corrected chi connectivity index (χ1v) is 5.09. The fourth-order valence-corrected chi connectivity index (χ4v) is 2.47. The van der Waals surface area contributed by atoms with Crippen molar-refractivity contribution in [1.29, 1.82) is 5.41 Å². The number of hydroxylamine groups is 1. The molecular weight excluding hydrogens is 220 g/mol. The van der Waals surface area contributed by atoms with E-state index in [0.717, 1.165) is 10.1 Å². The lowest BCUT2D eigenvalue weighted by Gasteiger charge is -1.94. The van der Waals surface area contributed by atoms with Gasteiger partial charge in [-0.25, -0.2) is 0 Å². The molecule has 0 fully saturated rings. The van der Waals surface area contributed by atoms with Gasteiger partial charge in [-0.05, 0) is 17.5 Å². The summed E-state index contributed by atoms with van der Waals surface area (Å²) in [6.45, 7) is 0.